The molecular formula is C32H36. The number of rotatable bonds is 6. The zero-order valence-corrected chi connectivity index (χ0v) is 19.9. The van der Waals surface area contributed by atoms with Crippen LogP contribution in [-0.2, 0) is 6.42 Å². The monoisotopic (exact) mass is 420 g/mol. The molecule has 0 bridgehead atoms. The van der Waals surface area contributed by atoms with Gasteiger partial charge >= 0.3 is 0 Å². The van der Waals surface area contributed by atoms with E-state index in [2.05, 4.69) is 94.0 Å². The van der Waals surface area contributed by atoms with Crippen LogP contribution in [0.25, 0.3) is 5.57 Å². The molecule has 0 spiro atoms. The summed E-state index contributed by atoms with van der Waals surface area (Å²) in [5, 5.41) is 0. The fourth-order valence-electron chi connectivity index (χ4n) is 5.79. The number of hydrogen-bond donors (Lipinski definition) is 0. The summed E-state index contributed by atoms with van der Waals surface area (Å²) in [6.45, 7) is 11.1. The summed E-state index contributed by atoms with van der Waals surface area (Å²) in [4.78, 5) is 0. The molecule has 1 fully saturated rings. The molecular weight excluding hydrogens is 384 g/mol. The van der Waals surface area contributed by atoms with E-state index in [1.807, 2.05) is 0 Å². The maximum absolute atomic E-state index is 5.49. The Labute approximate surface area is 195 Å². The minimum atomic E-state index is 0.464. The van der Waals surface area contributed by atoms with Crippen molar-refractivity contribution in [2.75, 3.05) is 0 Å². The summed E-state index contributed by atoms with van der Waals surface area (Å²) in [6, 6.07) is 15.7. The Kier molecular flexibility index (Phi) is 6.86. The molecule has 0 amide bonds. The topological polar surface area (TPSA) is 0 Å². The molecule has 1 saturated carbocycles. The zero-order valence-electron chi connectivity index (χ0n) is 19.9. The largest absolute Gasteiger partial charge is 0.115 e. The third kappa shape index (κ3) is 4.99. The molecule has 2 aliphatic rings. The van der Waals surface area contributed by atoms with E-state index in [4.69, 9.17) is 6.42 Å². The first-order chi connectivity index (χ1) is 15.4. The number of terminal acetylenes is 1. The van der Waals surface area contributed by atoms with Crippen LogP contribution >= 0.6 is 0 Å². The predicted octanol–water partition coefficient (Wildman–Crippen LogP) is 8.27. The molecule has 0 nitrogen and oxygen atoms in total. The van der Waals surface area contributed by atoms with Gasteiger partial charge in [-0.2, -0.15) is 0 Å². The second-order valence-electron chi connectivity index (χ2n) is 10.1. The molecule has 2 aromatic rings. The van der Waals surface area contributed by atoms with Gasteiger partial charge in [0.05, 0.1) is 0 Å². The molecule has 4 rings (SSSR count). The summed E-state index contributed by atoms with van der Waals surface area (Å²) in [5.74, 6) is 5.19. The van der Waals surface area contributed by atoms with Crippen LogP contribution in [0.2, 0.25) is 0 Å². The lowest BCUT2D eigenvalue weighted by Crippen LogP contribution is -2.22. The second-order valence-corrected chi connectivity index (χ2v) is 10.1. The minimum absolute atomic E-state index is 0.464. The molecule has 0 radical (unpaired) electrons. The van der Waals surface area contributed by atoms with Gasteiger partial charge in [-0.25, -0.2) is 0 Å². The summed E-state index contributed by atoms with van der Waals surface area (Å²) in [7, 11) is 0. The molecule has 2 aromatic carbocycles. The molecule has 2 aliphatic carbocycles. The summed E-state index contributed by atoms with van der Waals surface area (Å²) < 4.78 is 0. The van der Waals surface area contributed by atoms with Crippen LogP contribution in [0, 0.1) is 37.0 Å². The van der Waals surface area contributed by atoms with E-state index in [-0.39, 0.29) is 0 Å². The molecule has 0 aromatic heterocycles. The Morgan fingerprint density at radius 3 is 2.38 bits per heavy atom. The molecule has 0 heterocycles. The Morgan fingerprint density at radius 1 is 1.09 bits per heavy atom. The summed E-state index contributed by atoms with van der Waals surface area (Å²) in [6.07, 6.45) is 18.8. The number of benzene rings is 2. The van der Waals surface area contributed by atoms with Gasteiger partial charge in [-0.1, -0.05) is 73.6 Å². The van der Waals surface area contributed by atoms with Gasteiger partial charge in [0.1, 0.15) is 0 Å². The van der Waals surface area contributed by atoms with Crippen molar-refractivity contribution in [3.05, 3.63) is 101 Å². The molecule has 32 heavy (non-hydrogen) atoms. The predicted molar refractivity (Wildman–Crippen MR) is 139 cm³/mol. The van der Waals surface area contributed by atoms with Crippen LogP contribution in [0.1, 0.15) is 73.3 Å². The van der Waals surface area contributed by atoms with Crippen molar-refractivity contribution in [2.45, 2.75) is 58.8 Å². The standard InChI is InChI=1S/C32H36/c1-6-25-8-10-26(11-9-25)21-27-12-15-28(16-13-27)32(22(2)3)30-17-18-31(24(5)20-30)29-14-7-23(4)19-29/h1,7-11,14,17-20,23,27-28,32H,2,12-13,15-16,21H2,3-5H3. The maximum Gasteiger partial charge on any atom is 0.0242 e. The molecule has 0 saturated heterocycles. The first-order valence-corrected chi connectivity index (χ1v) is 12.2. The van der Waals surface area contributed by atoms with Crippen LogP contribution in [0.5, 0.6) is 0 Å². The van der Waals surface area contributed by atoms with E-state index >= 15 is 0 Å². The van der Waals surface area contributed by atoms with E-state index in [1.54, 1.807) is 0 Å². The highest BCUT2D eigenvalue weighted by Crippen LogP contribution is 2.43. The van der Waals surface area contributed by atoms with Gasteiger partial charge in [-0.15, -0.1) is 6.42 Å². The van der Waals surface area contributed by atoms with Gasteiger partial charge in [0.25, 0.3) is 0 Å². The van der Waals surface area contributed by atoms with E-state index in [9.17, 15) is 0 Å². The van der Waals surface area contributed by atoms with Crippen LogP contribution in [0.4, 0.5) is 0 Å². The summed E-state index contributed by atoms with van der Waals surface area (Å²) >= 11 is 0. The lowest BCUT2D eigenvalue weighted by Gasteiger charge is -2.35. The van der Waals surface area contributed by atoms with Crippen molar-refractivity contribution < 1.29 is 0 Å². The first-order valence-electron chi connectivity index (χ1n) is 12.2. The van der Waals surface area contributed by atoms with Crippen molar-refractivity contribution in [2.24, 2.45) is 17.8 Å². The quantitative estimate of drug-likeness (QED) is 0.326. The normalized spacial score (nSPS) is 23.4. The SMILES string of the molecule is C#Cc1ccc(CC2CCC(C(C(=C)C)c3ccc(C4=CC(C)C=C4)c(C)c3)CC2)cc1. The lowest BCUT2D eigenvalue weighted by molar-refractivity contribution is 0.253. The van der Waals surface area contributed by atoms with Crippen molar-refractivity contribution in [3.8, 4) is 12.3 Å². The van der Waals surface area contributed by atoms with Crippen LogP contribution in [-0.4, -0.2) is 0 Å². The number of allylic oxidation sites excluding steroid dienone is 5. The molecule has 0 heteroatoms. The molecule has 164 valence electrons. The van der Waals surface area contributed by atoms with Gasteiger partial charge in [0.15, 0.2) is 0 Å². The van der Waals surface area contributed by atoms with Crippen LogP contribution < -0.4 is 0 Å². The fourth-order valence-corrected chi connectivity index (χ4v) is 5.79. The number of aryl methyl sites for hydroxylation is 1. The van der Waals surface area contributed by atoms with E-state index in [0.29, 0.717) is 17.8 Å². The highest BCUT2D eigenvalue weighted by Gasteiger charge is 2.29. The average molecular weight is 421 g/mol. The highest BCUT2D eigenvalue weighted by atomic mass is 14.3. The molecule has 2 unspecified atom stereocenters. The van der Waals surface area contributed by atoms with Crippen molar-refractivity contribution in [3.63, 3.8) is 0 Å². The van der Waals surface area contributed by atoms with Gasteiger partial charge in [-0.05, 0) is 104 Å². The van der Waals surface area contributed by atoms with Crippen LogP contribution in [0.15, 0.2) is 72.8 Å². The zero-order chi connectivity index (χ0) is 22.7. The van der Waals surface area contributed by atoms with Gasteiger partial charge in [0.2, 0.25) is 0 Å². The molecule has 0 aliphatic heterocycles. The number of hydrogen-bond acceptors (Lipinski definition) is 0. The van der Waals surface area contributed by atoms with Crippen molar-refractivity contribution in [1.82, 2.24) is 0 Å². The second kappa shape index (κ2) is 9.79. The van der Waals surface area contributed by atoms with Crippen molar-refractivity contribution in [1.29, 1.82) is 0 Å². The summed E-state index contributed by atoms with van der Waals surface area (Å²) in [5.41, 5.74) is 9.25. The average Bonchev–Trinajstić information content (AvgIpc) is 3.21. The Hall–Kier alpha value is -2.78. The van der Waals surface area contributed by atoms with E-state index in [1.165, 1.54) is 65.5 Å². The minimum Gasteiger partial charge on any atom is -0.115 e. The Morgan fingerprint density at radius 2 is 1.81 bits per heavy atom. The van der Waals surface area contributed by atoms with E-state index in [0.717, 1.165) is 11.5 Å². The third-order valence-electron chi connectivity index (χ3n) is 7.48. The fraction of sp³-hybridized carbons (Fsp3) is 0.375. The van der Waals surface area contributed by atoms with Crippen LogP contribution in [0.3, 0.4) is 0 Å². The van der Waals surface area contributed by atoms with Gasteiger partial charge in [-0.3, -0.25) is 0 Å². The van der Waals surface area contributed by atoms with Gasteiger partial charge < -0.3 is 0 Å². The smallest absolute Gasteiger partial charge is 0.0242 e. The van der Waals surface area contributed by atoms with Crippen molar-refractivity contribution >= 4 is 5.57 Å². The highest BCUT2D eigenvalue weighted by molar-refractivity contribution is 5.78. The molecule has 0 N–H and O–H groups in total. The Balaban J connectivity index is 1.43. The Bertz CT molecular complexity index is 1060. The van der Waals surface area contributed by atoms with Gasteiger partial charge in [0, 0.05) is 11.5 Å². The lowest BCUT2D eigenvalue weighted by atomic mass is 9.70. The molecule has 2 atom stereocenters. The first kappa shape index (κ1) is 22.4. The third-order valence-corrected chi connectivity index (χ3v) is 7.48. The van der Waals surface area contributed by atoms with E-state index < -0.39 is 0 Å². The maximum atomic E-state index is 5.49.